The fraction of sp³-hybridized carbons (Fsp3) is 0.0667. The maximum atomic E-state index is 13.3. The first-order valence-electron chi connectivity index (χ1n) is 10.9. The van der Waals surface area contributed by atoms with E-state index in [9.17, 15) is 10.1 Å². The summed E-state index contributed by atoms with van der Waals surface area (Å²) in [6, 6.07) is 35.9. The highest BCUT2D eigenvalue weighted by Gasteiger charge is 2.24. The summed E-state index contributed by atoms with van der Waals surface area (Å²) in [6.45, 7) is 0. The van der Waals surface area contributed by atoms with Crippen molar-refractivity contribution in [3.63, 3.8) is 0 Å². The van der Waals surface area contributed by atoms with Crippen LogP contribution in [0.4, 0.5) is 0 Å². The highest BCUT2D eigenvalue weighted by molar-refractivity contribution is 5.90. The molecule has 0 saturated heterocycles. The number of carbonyl (C=O) groups excluding carboxylic acids is 1. The first-order valence-corrected chi connectivity index (χ1v) is 10.9. The predicted molar refractivity (Wildman–Crippen MR) is 133 cm³/mol. The lowest BCUT2D eigenvalue weighted by molar-refractivity contribution is -0.135. The number of nitriles is 1. The number of ether oxygens (including phenoxy) is 2. The van der Waals surface area contributed by atoms with Crippen molar-refractivity contribution in [2.75, 3.05) is 7.11 Å². The third-order valence-corrected chi connectivity index (χ3v) is 5.41. The largest absolute Gasteiger partial charge is 0.497 e. The van der Waals surface area contributed by atoms with E-state index in [1.807, 2.05) is 91.0 Å². The van der Waals surface area contributed by atoms with Gasteiger partial charge < -0.3 is 9.47 Å². The van der Waals surface area contributed by atoms with Gasteiger partial charge in [0.25, 0.3) is 0 Å². The second-order valence-corrected chi connectivity index (χ2v) is 7.65. The Morgan fingerprint density at radius 3 is 1.97 bits per heavy atom. The normalized spacial score (nSPS) is 11.0. The summed E-state index contributed by atoms with van der Waals surface area (Å²) in [6.07, 6.45) is 1.77. The molecule has 0 N–H and O–H groups in total. The predicted octanol–water partition coefficient (Wildman–Crippen LogP) is 6.50. The molecule has 0 spiro atoms. The smallest absolute Gasteiger partial charge is 0.323 e. The van der Waals surface area contributed by atoms with E-state index in [0.717, 1.165) is 28.0 Å². The Morgan fingerprint density at radius 1 is 0.794 bits per heavy atom. The molecular weight excluding hydrogens is 422 g/mol. The van der Waals surface area contributed by atoms with Crippen molar-refractivity contribution >= 4 is 17.6 Å². The Balaban J connectivity index is 1.60. The first-order chi connectivity index (χ1) is 16.7. The molecule has 0 bridgehead atoms. The minimum absolute atomic E-state index is 0.366. The van der Waals surface area contributed by atoms with Crippen LogP contribution in [0.5, 0.6) is 11.5 Å². The summed E-state index contributed by atoms with van der Waals surface area (Å²) in [7, 11) is 1.60. The van der Waals surface area contributed by atoms with E-state index in [2.05, 4.69) is 6.07 Å². The van der Waals surface area contributed by atoms with Gasteiger partial charge in [-0.1, -0.05) is 72.8 Å². The molecule has 4 aromatic rings. The topological polar surface area (TPSA) is 59.3 Å². The summed E-state index contributed by atoms with van der Waals surface area (Å²) in [5.41, 5.74) is 3.76. The summed E-state index contributed by atoms with van der Waals surface area (Å²) < 4.78 is 11.0. The monoisotopic (exact) mass is 445 g/mol. The molecule has 4 heteroatoms. The molecule has 0 heterocycles. The molecule has 4 rings (SSSR count). The van der Waals surface area contributed by atoms with Gasteiger partial charge in [0.05, 0.1) is 18.8 Å². The van der Waals surface area contributed by atoms with Crippen LogP contribution < -0.4 is 9.47 Å². The maximum absolute atomic E-state index is 13.3. The molecule has 0 saturated carbocycles. The van der Waals surface area contributed by atoms with Crippen LogP contribution in [0.1, 0.15) is 28.2 Å². The lowest BCUT2D eigenvalue weighted by Crippen LogP contribution is -2.20. The molecule has 0 aliphatic carbocycles. The number of benzene rings is 4. The van der Waals surface area contributed by atoms with Gasteiger partial charge in [0.15, 0.2) is 0 Å². The SMILES string of the molecule is COc1ccc(/C(C#N)=C\c2cccc(OC(=O)C(c3ccccc3)c3ccccc3)c2)cc1. The minimum Gasteiger partial charge on any atom is -0.497 e. The highest BCUT2D eigenvalue weighted by atomic mass is 16.5. The van der Waals surface area contributed by atoms with Crippen LogP contribution >= 0.6 is 0 Å². The van der Waals surface area contributed by atoms with E-state index in [-0.39, 0.29) is 5.97 Å². The Hall–Kier alpha value is -4.62. The van der Waals surface area contributed by atoms with Crippen molar-refractivity contribution in [2.24, 2.45) is 0 Å². The zero-order valence-electron chi connectivity index (χ0n) is 18.7. The van der Waals surface area contributed by atoms with Crippen LogP contribution in [0.2, 0.25) is 0 Å². The number of hydrogen-bond acceptors (Lipinski definition) is 4. The van der Waals surface area contributed by atoms with Gasteiger partial charge in [0.2, 0.25) is 0 Å². The number of hydrogen-bond donors (Lipinski definition) is 0. The van der Waals surface area contributed by atoms with E-state index in [1.165, 1.54) is 0 Å². The van der Waals surface area contributed by atoms with Crippen LogP contribution in [-0.4, -0.2) is 13.1 Å². The van der Waals surface area contributed by atoms with Gasteiger partial charge in [-0.3, -0.25) is 4.79 Å². The lowest BCUT2D eigenvalue weighted by Gasteiger charge is -2.17. The van der Waals surface area contributed by atoms with E-state index < -0.39 is 5.92 Å². The highest BCUT2D eigenvalue weighted by Crippen LogP contribution is 2.28. The van der Waals surface area contributed by atoms with E-state index in [1.54, 1.807) is 31.4 Å². The number of allylic oxidation sites excluding steroid dienone is 1. The molecule has 0 amide bonds. The van der Waals surface area contributed by atoms with Crippen LogP contribution in [0, 0.1) is 11.3 Å². The molecule has 0 aliphatic rings. The summed E-state index contributed by atoms with van der Waals surface area (Å²) in [5.74, 6) is 0.230. The van der Waals surface area contributed by atoms with E-state index in [0.29, 0.717) is 11.3 Å². The van der Waals surface area contributed by atoms with Gasteiger partial charge in [-0.15, -0.1) is 0 Å². The fourth-order valence-corrected chi connectivity index (χ4v) is 3.72. The van der Waals surface area contributed by atoms with Gasteiger partial charge >= 0.3 is 5.97 Å². The fourth-order valence-electron chi connectivity index (χ4n) is 3.72. The van der Waals surface area contributed by atoms with Crippen LogP contribution in [0.25, 0.3) is 11.6 Å². The van der Waals surface area contributed by atoms with E-state index >= 15 is 0 Å². The molecule has 0 aliphatic heterocycles. The number of esters is 1. The molecular formula is C30H23NO3. The summed E-state index contributed by atoms with van der Waals surface area (Å²) in [4.78, 5) is 13.3. The number of rotatable bonds is 7. The second-order valence-electron chi connectivity index (χ2n) is 7.65. The lowest BCUT2D eigenvalue weighted by atomic mass is 9.91. The van der Waals surface area contributed by atoms with Gasteiger partial charge in [-0.05, 0) is 64.7 Å². The molecule has 0 fully saturated rings. The Bertz CT molecular complexity index is 1280. The van der Waals surface area contributed by atoms with Crippen molar-refractivity contribution in [3.05, 3.63) is 131 Å². The number of methoxy groups -OCH3 is 1. The third kappa shape index (κ3) is 5.40. The van der Waals surface area contributed by atoms with Crippen molar-refractivity contribution in [1.29, 1.82) is 5.26 Å². The summed E-state index contributed by atoms with van der Waals surface area (Å²) in [5, 5.41) is 9.67. The van der Waals surface area contributed by atoms with Crippen LogP contribution in [0.15, 0.2) is 109 Å². The van der Waals surface area contributed by atoms with Crippen LogP contribution in [0.3, 0.4) is 0 Å². The van der Waals surface area contributed by atoms with Gasteiger partial charge in [0.1, 0.15) is 17.4 Å². The van der Waals surface area contributed by atoms with Gasteiger partial charge in [0, 0.05) is 0 Å². The van der Waals surface area contributed by atoms with Gasteiger partial charge in [-0.25, -0.2) is 0 Å². The molecule has 34 heavy (non-hydrogen) atoms. The molecule has 0 atom stereocenters. The molecule has 4 aromatic carbocycles. The standard InChI is InChI=1S/C30H23NO3/c1-33-27-17-15-23(16-18-27)26(21-31)19-22-9-8-14-28(20-22)34-30(32)29(24-10-4-2-5-11-24)25-12-6-3-7-13-25/h2-20,29H,1H3/b26-19-. The molecule has 0 radical (unpaired) electrons. The quantitative estimate of drug-likeness (QED) is 0.141. The van der Waals surface area contributed by atoms with Crippen molar-refractivity contribution in [1.82, 2.24) is 0 Å². The molecule has 0 unspecified atom stereocenters. The first kappa shape index (κ1) is 22.6. The van der Waals surface area contributed by atoms with E-state index in [4.69, 9.17) is 9.47 Å². The van der Waals surface area contributed by atoms with Crippen molar-refractivity contribution in [3.8, 4) is 17.6 Å². The Labute approximate surface area is 199 Å². The Morgan fingerprint density at radius 2 is 1.41 bits per heavy atom. The summed E-state index contributed by atoms with van der Waals surface area (Å²) >= 11 is 0. The number of nitrogens with zero attached hydrogens (tertiary/aromatic N) is 1. The zero-order chi connectivity index (χ0) is 23.8. The average Bonchev–Trinajstić information content (AvgIpc) is 2.89. The number of carbonyl (C=O) groups is 1. The Kier molecular flexibility index (Phi) is 7.17. The minimum atomic E-state index is -0.546. The maximum Gasteiger partial charge on any atom is 0.323 e. The van der Waals surface area contributed by atoms with Crippen molar-refractivity contribution in [2.45, 2.75) is 5.92 Å². The molecule has 166 valence electrons. The zero-order valence-corrected chi connectivity index (χ0v) is 18.7. The molecule has 0 aromatic heterocycles. The van der Waals surface area contributed by atoms with Gasteiger partial charge in [-0.2, -0.15) is 5.26 Å². The molecule has 4 nitrogen and oxygen atoms in total. The van der Waals surface area contributed by atoms with Crippen LogP contribution in [-0.2, 0) is 4.79 Å². The second kappa shape index (κ2) is 10.8. The average molecular weight is 446 g/mol. The van der Waals surface area contributed by atoms with Crippen molar-refractivity contribution < 1.29 is 14.3 Å². The third-order valence-electron chi connectivity index (χ3n) is 5.41.